The van der Waals surface area contributed by atoms with Crippen LogP contribution in [0.3, 0.4) is 0 Å². The predicted molar refractivity (Wildman–Crippen MR) is 333 cm³/mol. The van der Waals surface area contributed by atoms with E-state index in [1.54, 1.807) is 0 Å². The summed E-state index contributed by atoms with van der Waals surface area (Å²) in [6.45, 7) is 3.89. The SMILES string of the molecule is CC/C=C\C/C=C\C/C=C\C/C=C\C/C=C\C/C=C\C/C=C\C/C=C\C/C=C\CCCCCCCCCCCCCCCC(=O)OC(CO)COC(=O)CCCCCCC/C=C\C/C=C\C/C=C\C/C=C\C/C=C\CC. The van der Waals surface area contributed by atoms with Crippen LogP contribution in [0.1, 0.15) is 245 Å². The van der Waals surface area contributed by atoms with Gasteiger partial charge in [-0.15, -0.1) is 0 Å². The lowest BCUT2D eigenvalue weighted by Gasteiger charge is -2.15. The van der Waals surface area contributed by atoms with Crippen LogP contribution in [-0.4, -0.2) is 36.4 Å². The van der Waals surface area contributed by atoms with E-state index in [-0.39, 0.29) is 25.2 Å². The summed E-state index contributed by atoms with van der Waals surface area (Å²) in [6, 6.07) is 0. The first-order valence-corrected chi connectivity index (χ1v) is 30.7. The average molecular weight is 1050 g/mol. The molecule has 0 saturated heterocycles. The van der Waals surface area contributed by atoms with Crippen molar-refractivity contribution in [2.75, 3.05) is 13.2 Å². The molecule has 0 aliphatic heterocycles. The van der Waals surface area contributed by atoms with Gasteiger partial charge >= 0.3 is 11.9 Å². The van der Waals surface area contributed by atoms with Crippen LogP contribution in [0, 0.1) is 0 Å². The molecule has 1 atom stereocenters. The predicted octanol–water partition coefficient (Wildman–Crippen LogP) is 21.3. The molecule has 0 aromatic rings. The molecule has 5 heteroatoms. The third kappa shape index (κ3) is 61.8. The third-order valence-electron chi connectivity index (χ3n) is 12.5. The molecule has 0 bridgehead atoms. The van der Waals surface area contributed by atoms with Gasteiger partial charge in [0.05, 0.1) is 6.61 Å². The second kappa shape index (κ2) is 64.5. The number of aliphatic hydroxyl groups is 1. The molecule has 0 saturated carbocycles. The Morgan fingerprint density at radius 3 is 0.789 bits per heavy atom. The van der Waals surface area contributed by atoms with Gasteiger partial charge < -0.3 is 14.6 Å². The number of aliphatic hydroxyl groups excluding tert-OH is 1. The highest BCUT2D eigenvalue weighted by Gasteiger charge is 2.16. The van der Waals surface area contributed by atoms with Crippen molar-refractivity contribution in [1.29, 1.82) is 0 Å². The fourth-order valence-corrected chi connectivity index (χ4v) is 7.99. The van der Waals surface area contributed by atoms with E-state index < -0.39 is 6.10 Å². The maximum absolute atomic E-state index is 12.3. The highest BCUT2D eigenvalue weighted by Crippen LogP contribution is 2.15. The molecule has 0 amide bonds. The Bertz CT molecular complexity index is 1700. The van der Waals surface area contributed by atoms with E-state index in [9.17, 15) is 14.7 Å². The summed E-state index contributed by atoms with van der Waals surface area (Å²) in [7, 11) is 0. The van der Waals surface area contributed by atoms with Crippen molar-refractivity contribution in [3.05, 3.63) is 170 Å². The van der Waals surface area contributed by atoms with Gasteiger partial charge in [0.25, 0.3) is 0 Å². The minimum Gasteiger partial charge on any atom is -0.462 e. The molecule has 0 aromatic heterocycles. The highest BCUT2D eigenvalue weighted by atomic mass is 16.6. The summed E-state index contributed by atoms with van der Waals surface area (Å²) in [6.07, 6.45) is 100. The molecule has 0 fully saturated rings. The Hall–Kier alpha value is -4.74. The Morgan fingerprint density at radius 2 is 0.526 bits per heavy atom. The summed E-state index contributed by atoms with van der Waals surface area (Å²) in [5.41, 5.74) is 0. The van der Waals surface area contributed by atoms with Crippen LogP contribution in [0.25, 0.3) is 0 Å². The van der Waals surface area contributed by atoms with Crippen molar-refractivity contribution in [3.63, 3.8) is 0 Å². The molecular formula is C71H112O5. The van der Waals surface area contributed by atoms with Crippen LogP contribution >= 0.6 is 0 Å². The minimum atomic E-state index is -0.794. The van der Waals surface area contributed by atoms with Crippen LogP contribution < -0.4 is 0 Å². The summed E-state index contributed by atoms with van der Waals surface area (Å²) in [5, 5.41) is 9.66. The smallest absolute Gasteiger partial charge is 0.306 e. The fourth-order valence-electron chi connectivity index (χ4n) is 7.99. The van der Waals surface area contributed by atoms with E-state index in [0.717, 1.165) is 148 Å². The van der Waals surface area contributed by atoms with Crippen LogP contribution in [-0.2, 0) is 19.1 Å². The van der Waals surface area contributed by atoms with Crippen LogP contribution in [0.2, 0.25) is 0 Å². The van der Waals surface area contributed by atoms with Gasteiger partial charge in [-0.1, -0.05) is 274 Å². The highest BCUT2D eigenvalue weighted by molar-refractivity contribution is 5.70. The molecule has 0 aliphatic carbocycles. The zero-order valence-corrected chi connectivity index (χ0v) is 48.7. The lowest BCUT2D eigenvalue weighted by atomic mass is 10.0. The quantitative estimate of drug-likeness (QED) is 0.0373. The number of allylic oxidation sites excluding steroid dienone is 28. The molecule has 1 unspecified atom stereocenters. The molecule has 0 spiro atoms. The van der Waals surface area contributed by atoms with Gasteiger partial charge in [-0.3, -0.25) is 9.59 Å². The molecule has 426 valence electrons. The minimum absolute atomic E-state index is 0.0856. The molecule has 5 nitrogen and oxygen atoms in total. The molecule has 1 N–H and O–H groups in total. The van der Waals surface area contributed by atoms with Crippen molar-refractivity contribution < 1.29 is 24.2 Å². The second-order valence-corrected chi connectivity index (χ2v) is 19.7. The van der Waals surface area contributed by atoms with Crippen LogP contribution in [0.4, 0.5) is 0 Å². The maximum Gasteiger partial charge on any atom is 0.306 e. The molecule has 0 heterocycles. The normalized spacial score (nSPS) is 13.5. The number of carbonyl (C=O) groups excluding carboxylic acids is 2. The largest absolute Gasteiger partial charge is 0.462 e. The van der Waals surface area contributed by atoms with E-state index in [2.05, 4.69) is 184 Å². The number of esters is 2. The summed E-state index contributed by atoms with van der Waals surface area (Å²) >= 11 is 0. The van der Waals surface area contributed by atoms with Crippen molar-refractivity contribution in [1.82, 2.24) is 0 Å². The van der Waals surface area contributed by atoms with E-state index in [1.165, 1.54) is 70.6 Å². The Morgan fingerprint density at radius 1 is 0.303 bits per heavy atom. The second-order valence-electron chi connectivity index (χ2n) is 19.7. The number of carbonyl (C=O) groups is 2. The topological polar surface area (TPSA) is 72.8 Å². The van der Waals surface area contributed by atoms with Crippen molar-refractivity contribution in [3.8, 4) is 0 Å². The number of rotatable bonds is 54. The van der Waals surface area contributed by atoms with Crippen molar-refractivity contribution in [2.24, 2.45) is 0 Å². The lowest BCUT2D eigenvalue weighted by Crippen LogP contribution is -2.28. The van der Waals surface area contributed by atoms with Gasteiger partial charge in [-0.25, -0.2) is 0 Å². The molecule has 0 radical (unpaired) electrons. The first-order valence-electron chi connectivity index (χ1n) is 30.7. The van der Waals surface area contributed by atoms with Gasteiger partial charge in [0.1, 0.15) is 6.61 Å². The van der Waals surface area contributed by atoms with Crippen molar-refractivity contribution >= 4 is 11.9 Å². The first-order chi connectivity index (χ1) is 37.6. The Labute approximate surface area is 468 Å². The van der Waals surface area contributed by atoms with Gasteiger partial charge in [-0.05, 0) is 128 Å². The van der Waals surface area contributed by atoms with Gasteiger partial charge in [-0.2, -0.15) is 0 Å². The monoisotopic (exact) mass is 1040 g/mol. The van der Waals surface area contributed by atoms with Gasteiger partial charge in [0, 0.05) is 12.8 Å². The number of hydrogen-bond donors (Lipinski definition) is 1. The molecule has 76 heavy (non-hydrogen) atoms. The fraction of sp³-hybridized carbons (Fsp3) is 0.577. The van der Waals surface area contributed by atoms with E-state index in [0.29, 0.717) is 12.8 Å². The van der Waals surface area contributed by atoms with Crippen LogP contribution in [0.5, 0.6) is 0 Å². The molecular weight excluding hydrogens is 933 g/mol. The Kier molecular flexibility index (Phi) is 60.5. The summed E-state index contributed by atoms with van der Waals surface area (Å²) in [5.74, 6) is -0.622. The third-order valence-corrected chi connectivity index (χ3v) is 12.5. The van der Waals surface area contributed by atoms with Crippen LogP contribution in [0.15, 0.2) is 170 Å². The lowest BCUT2D eigenvalue weighted by molar-refractivity contribution is -0.161. The van der Waals surface area contributed by atoms with E-state index in [1.807, 2.05) is 0 Å². The molecule has 0 rings (SSSR count). The number of unbranched alkanes of at least 4 members (excludes halogenated alkanes) is 18. The zero-order chi connectivity index (χ0) is 54.8. The van der Waals surface area contributed by atoms with E-state index >= 15 is 0 Å². The molecule has 0 aliphatic rings. The van der Waals surface area contributed by atoms with Gasteiger partial charge in [0.2, 0.25) is 0 Å². The summed E-state index contributed by atoms with van der Waals surface area (Å²) in [4.78, 5) is 24.5. The van der Waals surface area contributed by atoms with E-state index in [4.69, 9.17) is 9.47 Å². The van der Waals surface area contributed by atoms with Crippen molar-refractivity contribution in [2.45, 2.75) is 251 Å². The standard InChI is InChI=1S/C71H112O5/c1-3-5-7-9-11-13-15-17-19-21-23-25-26-27-28-29-30-31-32-33-34-35-36-37-38-39-40-41-42-43-44-46-48-50-52-54-56-58-60-62-64-66-71(74)76-69(67-72)68-75-70(73)65-63-61-59-57-55-53-51-49-47-45-24-22-20-18-16-14-12-10-8-6-4-2/h5-8,11-14,17-20,23-25,27-28,30-31,33-34,36-37,39-40,45,49,51,69,72H,3-4,9-10,15-16,21-22,26,29,32,35,38,41-44,46-48,50,52-68H2,1-2H3/b7-5-,8-6-,13-11-,14-12-,19-17-,20-18-,25-23-,28-27-,31-30-,34-33-,37-36-,40-39-,45-24-,51-49-. The maximum atomic E-state index is 12.3. The average Bonchev–Trinajstić information content (AvgIpc) is 3.42. The molecule has 0 aromatic carbocycles. The number of ether oxygens (including phenoxy) is 2. The Balaban J connectivity index is 3.58. The van der Waals surface area contributed by atoms with Gasteiger partial charge in [0.15, 0.2) is 6.10 Å². The summed E-state index contributed by atoms with van der Waals surface area (Å²) < 4.78 is 10.7. The number of hydrogen-bond acceptors (Lipinski definition) is 5. The first kappa shape index (κ1) is 71.3. The zero-order valence-electron chi connectivity index (χ0n) is 48.7.